The highest BCUT2D eigenvalue weighted by molar-refractivity contribution is 5.82. The Balaban J connectivity index is 1.68. The Morgan fingerprint density at radius 1 is 0.971 bits per heavy atom. The predicted molar refractivity (Wildman–Crippen MR) is 137 cm³/mol. The van der Waals surface area contributed by atoms with Gasteiger partial charge in [0.25, 0.3) is 0 Å². The summed E-state index contributed by atoms with van der Waals surface area (Å²) in [6, 6.07) is 26.2. The van der Waals surface area contributed by atoms with Crippen molar-refractivity contribution in [2.75, 3.05) is 12.4 Å². The van der Waals surface area contributed by atoms with Gasteiger partial charge in [0.2, 0.25) is 0 Å². The van der Waals surface area contributed by atoms with Crippen LogP contribution in [-0.4, -0.2) is 7.11 Å². The molecule has 0 spiro atoms. The summed E-state index contributed by atoms with van der Waals surface area (Å²) >= 11 is 0. The van der Waals surface area contributed by atoms with E-state index >= 15 is 0 Å². The largest absolute Gasteiger partial charge is 0.497 e. The van der Waals surface area contributed by atoms with Crippen molar-refractivity contribution in [1.29, 1.82) is 10.5 Å². The first-order valence-corrected chi connectivity index (χ1v) is 11.0. The van der Waals surface area contributed by atoms with Gasteiger partial charge < -0.3 is 14.5 Å². The van der Waals surface area contributed by atoms with Crippen LogP contribution < -0.4 is 15.7 Å². The Morgan fingerprint density at radius 2 is 1.69 bits per heavy atom. The van der Waals surface area contributed by atoms with Gasteiger partial charge in [0.05, 0.1) is 7.11 Å². The van der Waals surface area contributed by atoms with Gasteiger partial charge in [-0.25, -0.2) is 4.79 Å². The fourth-order valence-corrected chi connectivity index (χ4v) is 3.89. The van der Waals surface area contributed by atoms with Crippen molar-refractivity contribution < 1.29 is 9.15 Å². The summed E-state index contributed by atoms with van der Waals surface area (Å²) in [4.78, 5) is 13.0. The molecule has 6 nitrogen and oxygen atoms in total. The van der Waals surface area contributed by atoms with E-state index < -0.39 is 11.0 Å². The molecule has 6 heteroatoms. The van der Waals surface area contributed by atoms with Crippen molar-refractivity contribution in [3.63, 3.8) is 0 Å². The Bertz CT molecular complexity index is 1550. The third-order valence-electron chi connectivity index (χ3n) is 5.95. The third-order valence-corrected chi connectivity index (χ3v) is 5.95. The molecule has 3 aromatic carbocycles. The number of anilines is 2. The fourth-order valence-electron chi connectivity index (χ4n) is 3.89. The number of methoxy groups -OCH3 is 1. The van der Waals surface area contributed by atoms with Crippen molar-refractivity contribution in [2.45, 2.75) is 19.3 Å². The SMILES string of the molecule is COc1ccc(Nc2ccc3cc(C(C)(C)c4cccc(C=C(C#N)C#N)c4)c(=O)oc3c2)cc1. The number of nitriles is 2. The molecule has 4 aromatic rings. The van der Waals surface area contributed by atoms with Crippen molar-refractivity contribution in [1.82, 2.24) is 0 Å². The van der Waals surface area contributed by atoms with E-state index in [2.05, 4.69) is 5.32 Å². The van der Waals surface area contributed by atoms with Crippen LogP contribution in [0.15, 0.2) is 87.6 Å². The maximum absolute atomic E-state index is 13.0. The molecule has 0 bridgehead atoms. The summed E-state index contributed by atoms with van der Waals surface area (Å²) in [5.74, 6) is 0.771. The van der Waals surface area contributed by atoms with Crippen molar-refractivity contribution in [3.8, 4) is 17.9 Å². The molecule has 1 heterocycles. The van der Waals surface area contributed by atoms with Crippen LogP contribution in [0.3, 0.4) is 0 Å². The van der Waals surface area contributed by atoms with Crippen molar-refractivity contribution in [2.24, 2.45) is 0 Å². The lowest BCUT2D eigenvalue weighted by Gasteiger charge is -2.25. The van der Waals surface area contributed by atoms with Crippen molar-refractivity contribution >= 4 is 28.4 Å². The van der Waals surface area contributed by atoms with Crippen LogP contribution in [0, 0.1) is 22.7 Å². The summed E-state index contributed by atoms with van der Waals surface area (Å²) in [5.41, 5.74) is 3.19. The van der Waals surface area contributed by atoms with Gasteiger partial charge in [-0.3, -0.25) is 0 Å². The van der Waals surface area contributed by atoms with E-state index in [1.54, 1.807) is 13.2 Å². The lowest BCUT2D eigenvalue weighted by Crippen LogP contribution is -2.26. The average molecular weight is 462 g/mol. The van der Waals surface area contributed by atoms with E-state index in [0.29, 0.717) is 16.7 Å². The highest BCUT2D eigenvalue weighted by Gasteiger charge is 2.28. The predicted octanol–water partition coefficient (Wildman–Crippen LogP) is 6.30. The van der Waals surface area contributed by atoms with E-state index in [9.17, 15) is 4.79 Å². The molecule has 0 aliphatic heterocycles. The van der Waals surface area contributed by atoms with Crippen LogP contribution in [-0.2, 0) is 5.41 Å². The molecular formula is C29H23N3O3. The minimum atomic E-state index is -0.669. The zero-order chi connectivity index (χ0) is 25.0. The van der Waals surface area contributed by atoms with E-state index in [-0.39, 0.29) is 5.57 Å². The van der Waals surface area contributed by atoms with Gasteiger partial charge >= 0.3 is 5.63 Å². The van der Waals surface area contributed by atoms with Gasteiger partial charge in [-0.05, 0) is 59.7 Å². The maximum atomic E-state index is 13.0. The normalized spacial score (nSPS) is 10.8. The Morgan fingerprint density at radius 3 is 2.37 bits per heavy atom. The highest BCUT2D eigenvalue weighted by atomic mass is 16.5. The van der Waals surface area contributed by atoms with Crippen LogP contribution in [0.1, 0.15) is 30.5 Å². The monoisotopic (exact) mass is 461 g/mol. The van der Waals surface area contributed by atoms with Gasteiger partial charge in [-0.1, -0.05) is 38.1 Å². The molecule has 0 fully saturated rings. The first kappa shape index (κ1) is 23.4. The minimum Gasteiger partial charge on any atom is -0.497 e. The van der Waals surface area contributed by atoms with Gasteiger partial charge in [0.1, 0.15) is 29.0 Å². The van der Waals surface area contributed by atoms with Gasteiger partial charge in [0, 0.05) is 33.8 Å². The Hall–Kier alpha value is -4.81. The second-order valence-electron chi connectivity index (χ2n) is 8.59. The Labute approximate surface area is 203 Å². The zero-order valence-electron chi connectivity index (χ0n) is 19.6. The molecule has 1 aromatic heterocycles. The van der Waals surface area contributed by atoms with E-state index in [1.165, 1.54) is 6.08 Å². The maximum Gasteiger partial charge on any atom is 0.340 e. The summed E-state index contributed by atoms with van der Waals surface area (Å²) in [6.45, 7) is 3.89. The quantitative estimate of drug-likeness (QED) is 0.267. The van der Waals surface area contributed by atoms with E-state index in [4.69, 9.17) is 19.7 Å². The molecule has 0 saturated carbocycles. The van der Waals surface area contributed by atoms with E-state index in [1.807, 2.05) is 92.7 Å². The summed E-state index contributed by atoms with van der Waals surface area (Å²) in [5, 5.41) is 22.2. The number of hydrogen-bond acceptors (Lipinski definition) is 6. The lowest BCUT2D eigenvalue weighted by molar-refractivity contribution is 0.415. The molecule has 0 aliphatic rings. The molecule has 0 atom stereocenters. The zero-order valence-corrected chi connectivity index (χ0v) is 19.6. The molecule has 35 heavy (non-hydrogen) atoms. The molecule has 4 rings (SSSR count). The van der Waals surface area contributed by atoms with Crippen LogP contribution in [0.2, 0.25) is 0 Å². The molecular weight excluding hydrogens is 438 g/mol. The lowest BCUT2D eigenvalue weighted by atomic mass is 9.78. The molecule has 0 aliphatic carbocycles. The highest BCUT2D eigenvalue weighted by Crippen LogP contribution is 2.32. The smallest absolute Gasteiger partial charge is 0.340 e. The Kier molecular flexibility index (Phi) is 6.40. The number of benzene rings is 3. The number of allylic oxidation sites excluding steroid dienone is 1. The van der Waals surface area contributed by atoms with Gasteiger partial charge in [0.15, 0.2) is 0 Å². The van der Waals surface area contributed by atoms with Crippen molar-refractivity contribution in [3.05, 3.63) is 105 Å². The van der Waals surface area contributed by atoms with Crippen LogP contribution in [0.25, 0.3) is 17.0 Å². The number of hydrogen-bond donors (Lipinski definition) is 1. The number of fused-ring (bicyclic) bond motifs is 1. The van der Waals surface area contributed by atoms with Crippen LogP contribution in [0.4, 0.5) is 11.4 Å². The number of nitrogens with one attached hydrogen (secondary N) is 1. The number of ether oxygens (including phenoxy) is 1. The van der Waals surface area contributed by atoms with Gasteiger partial charge in [-0.2, -0.15) is 10.5 Å². The topological polar surface area (TPSA) is 99.0 Å². The number of rotatable bonds is 6. The van der Waals surface area contributed by atoms with Gasteiger partial charge in [-0.15, -0.1) is 0 Å². The first-order chi connectivity index (χ1) is 16.8. The third kappa shape index (κ3) is 4.93. The number of nitrogens with zero attached hydrogens (tertiary/aromatic N) is 2. The summed E-state index contributed by atoms with van der Waals surface area (Å²) < 4.78 is 10.9. The van der Waals surface area contributed by atoms with E-state index in [0.717, 1.165) is 28.1 Å². The van der Waals surface area contributed by atoms with Crippen LogP contribution in [0.5, 0.6) is 5.75 Å². The fraction of sp³-hybridized carbons (Fsp3) is 0.138. The standard InChI is InChI=1S/C29H23N3O3/c1-29(2,22-6-4-5-19(14-22)13-20(17-30)18-31)26-15-21-7-8-24(16-27(21)35-28(26)33)32-23-9-11-25(34-3)12-10-23/h4-16,32H,1-3H3. The molecule has 0 radical (unpaired) electrons. The minimum absolute atomic E-state index is 0.0178. The summed E-state index contributed by atoms with van der Waals surface area (Å²) in [7, 11) is 1.62. The molecule has 1 N–H and O–H groups in total. The van der Waals surface area contributed by atoms with Crippen LogP contribution >= 0.6 is 0 Å². The second kappa shape index (κ2) is 9.59. The molecule has 0 amide bonds. The molecule has 0 saturated heterocycles. The summed E-state index contributed by atoms with van der Waals surface area (Å²) in [6.07, 6.45) is 1.53. The molecule has 172 valence electrons. The second-order valence-corrected chi connectivity index (χ2v) is 8.59. The average Bonchev–Trinajstić information content (AvgIpc) is 2.87. The molecule has 0 unspecified atom stereocenters. The first-order valence-electron chi connectivity index (χ1n) is 11.0.